The zero-order valence-corrected chi connectivity index (χ0v) is 9.44. The van der Waals surface area contributed by atoms with Crippen LogP contribution in [0.15, 0.2) is 9.15 Å². The van der Waals surface area contributed by atoms with Crippen LogP contribution in [0.1, 0.15) is 31.0 Å². The lowest BCUT2D eigenvalue weighted by atomic mass is 9.89. The van der Waals surface area contributed by atoms with Crippen LogP contribution >= 0.6 is 0 Å². The maximum absolute atomic E-state index is 5.77. The fourth-order valence-electron chi connectivity index (χ4n) is 2.74. The third-order valence-corrected chi connectivity index (χ3v) is 3.60. The maximum Gasteiger partial charge on any atom is 0.284 e. The molecule has 18 heavy (non-hydrogen) atoms. The van der Waals surface area contributed by atoms with Crippen molar-refractivity contribution in [3.05, 3.63) is 5.82 Å². The Kier molecular flexibility index (Phi) is 1.95. The Morgan fingerprint density at radius 3 is 2.78 bits per heavy atom. The molecule has 4 rings (SSSR count). The number of nitrogens with two attached hydrogens (primary N) is 1. The summed E-state index contributed by atoms with van der Waals surface area (Å²) in [6.07, 6.45) is 3.71. The second-order valence-corrected chi connectivity index (χ2v) is 4.67. The van der Waals surface area contributed by atoms with Crippen molar-refractivity contribution in [1.29, 1.82) is 0 Å². The SMILES string of the molecule is Nc1nonc1-c1nc(C2CC3CCC2O3)no1. The minimum absolute atomic E-state index is 0.148. The molecule has 0 saturated carbocycles. The highest BCUT2D eigenvalue weighted by Gasteiger charge is 2.43. The summed E-state index contributed by atoms with van der Waals surface area (Å²) >= 11 is 0. The molecule has 2 N–H and O–H groups in total. The summed E-state index contributed by atoms with van der Waals surface area (Å²) in [4.78, 5) is 4.31. The molecule has 0 amide bonds. The molecule has 3 atom stereocenters. The highest BCUT2D eigenvalue weighted by atomic mass is 16.6. The van der Waals surface area contributed by atoms with Crippen LogP contribution in [-0.4, -0.2) is 32.7 Å². The molecular weight excluding hydrogens is 238 g/mol. The molecule has 0 aromatic carbocycles. The van der Waals surface area contributed by atoms with E-state index in [9.17, 15) is 0 Å². The van der Waals surface area contributed by atoms with Gasteiger partial charge in [-0.15, -0.1) is 0 Å². The Hall–Kier alpha value is -1.96. The molecule has 8 nitrogen and oxygen atoms in total. The van der Waals surface area contributed by atoms with E-state index >= 15 is 0 Å². The van der Waals surface area contributed by atoms with E-state index in [0.29, 0.717) is 11.9 Å². The normalized spacial score (nSPS) is 30.1. The Labute approximate surface area is 101 Å². The van der Waals surface area contributed by atoms with Crippen molar-refractivity contribution in [1.82, 2.24) is 20.5 Å². The molecule has 2 aliphatic rings. The first-order valence-electron chi connectivity index (χ1n) is 5.88. The van der Waals surface area contributed by atoms with E-state index in [4.69, 9.17) is 15.0 Å². The van der Waals surface area contributed by atoms with Crippen molar-refractivity contribution in [2.75, 3.05) is 5.73 Å². The first-order chi connectivity index (χ1) is 8.81. The summed E-state index contributed by atoms with van der Waals surface area (Å²) in [7, 11) is 0. The van der Waals surface area contributed by atoms with Crippen molar-refractivity contribution in [3.8, 4) is 11.6 Å². The smallest absolute Gasteiger partial charge is 0.284 e. The Bertz CT molecular complexity index is 580. The standard InChI is InChI=1S/C10H11N5O3/c11-8-7(13-18-14-8)10-12-9(15-17-10)5-3-4-1-2-6(5)16-4/h4-6H,1-3H2,(H2,11,14). The van der Waals surface area contributed by atoms with Gasteiger partial charge in [0, 0.05) is 0 Å². The largest absolute Gasteiger partial charge is 0.379 e. The Balaban J connectivity index is 1.65. The van der Waals surface area contributed by atoms with Crippen molar-refractivity contribution in [2.45, 2.75) is 37.4 Å². The van der Waals surface area contributed by atoms with Crippen LogP contribution in [0.25, 0.3) is 11.6 Å². The van der Waals surface area contributed by atoms with Gasteiger partial charge in [-0.1, -0.05) is 5.16 Å². The van der Waals surface area contributed by atoms with Crippen molar-refractivity contribution >= 4 is 5.82 Å². The topological polar surface area (TPSA) is 113 Å². The molecule has 2 aliphatic heterocycles. The molecule has 8 heteroatoms. The van der Waals surface area contributed by atoms with Crippen LogP contribution in [0.2, 0.25) is 0 Å². The number of nitrogen functional groups attached to an aromatic ring is 1. The lowest BCUT2D eigenvalue weighted by Crippen LogP contribution is -2.15. The second-order valence-electron chi connectivity index (χ2n) is 4.67. The van der Waals surface area contributed by atoms with Crippen molar-refractivity contribution < 1.29 is 13.9 Å². The van der Waals surface area contributed by atoms with Crippen LogP contribution in [0, 0.1) is 0 Å². The van der Waals surface area contributed by atoms with Crippen LogP contribution in [0.5, 0.6) is 0 Å². The van der Waals surface area contributed by atoms with Gasteiger partial charge in [-0.25, -0.2) is 4.63 Å². The number of hydrogen-bond acceptors (Lipinski definition) is 8. The van der Waals surface area contributed by atoms with E-state index in [1.807, 2.05) is 0 Å². The van der Waals surface area contributed by atoms with Gasteiger partial charge in [-0.3, -0.25) is 0 Å². The second kappa shape index (κ2) is 3.52. The van der Waals surface area contributed by atoms with Gasteiger partial charge in [0.2, 0.25) is 11.5 Å². The molecule has 2 aromatic heterocycles. The number of ether oxygens (including phenoxy) is 1. The number of aromatic nitrogens is 4. The number of fused-ring (bicyclic) bond motifs is 2. The van der Waals surface area contributed by atoms with Gasteiger partial charge >= 0.3 is 0 Å². The van der Waals surface area contributed by atoms with E-state index < -0.39 is 0 Å². The summed E-state index contributed by atoms with van der Waals surface area (Å²) in [5.74, 6) is 1.25. The van der Waals surface area contributed by atoms with Crippen LogP contribution in [0.3, 0.4) is 0 Å². The first kappa shape index (κ1) is 10.0. The van der Waals surface area contributed by atoms with Gasteiger partial charge in [0.1, 0.15) is 0 Å². The quantitative estimate of drug-likeness (QED) is 0.828. The summed E-state index contributed by atoms with van der Waals surface area (Å²) in [5.41, 5.74) is 5.87. The van der Waals surface area contributed by atoms with Crippen molar-refractivity contribution in [2.24, 2.45) is 0 Å². The number of rotatable bonds is 2. The lowest BCUT2D eigenvalue weighted by molar-refractivity contribution is 0.0996. The highest BCUT2D eigenvalue weighted by Crippen LogP contribution is 2.43. The Morgan fingerprint density at radius 1 is 1.17 bits per heavy atom. The van der Waals surface area contributed by atoms with Gasteiger partial charge in [0.25, 0.3) is 5.89 Å². The first-order valence-corrected chi connectivity index (χ1v) is 5.88. The maximum atomic E-state index is 5.77. The minimum Gasteiger partial charge on any atom is -0.379 e. The minimum atomic E-state index is 0.148. The molecule has 0 spiro atoms. The van der Waals surface area contributed by atoms with Gasteiger partial charge in [-0.2, -0.15) is 4.98 Å². The van der Waals surface area contributed by atoms with Crippen LogP contribution < -0.4 is 5.73 Å². The van der Waals surface area contributed by atoms with Crippen LogP contribution in [-0.2, 0) is 4.74 Å². The zero-order chi connectivity index (χ0) is 12.1. The summed E-state index contributed by atoms with van der Waals surface area (Å²) in [6, 6.07) is 0. The van der Waals surface area contributed by atoms with E-state index in [1.54, 1.807) is 0 Å². The number of nitrogens with zero attached hydrogens (tertiary/aromatic N) is 4. The predicted molar refractivity (Wildman–Crippen MR) is 57.3 cm³/mol. The van der Waals surface area contributed by atoms with Gasteiger partial charge < -0.3 is 15.0 Å². The predicted octanol–water partition coefficient (Wildman–Crippen LogP) is 0.737. The van der Waals surface area contributed by atoms with Crippen molar-refractivity contribution in [3.63, 3.8) is 0 Å². The molecule has 0 aliphatic carbocycles. The van der Waals surface area contributed by atoms with Gasteiger partial charge in [-0.05, 0) is 29.6 Å². The summed E-state index contributed by atoms with van der Waals surface area (Å²) in [5, 5.41) is 11.1. The average molecular weight is 249 g/mol. The third kappa shape index (κ3) is 1.35. The van der Waals surface area contributed by atoms with E-state index in [-0.39, 0.29) is 29.4 Å². The number of hydrogen-bond donors (Lipinski definition) is 1. The molecule has 3 unspecified atom stereocenters. The van der Waals surface area contributed by atoms with E-state index in [2.05, 4.69) is 25.1 Å². The van der Waals surface area contributed by atoms with E-state index in [1.165, 1.54) is 0 Å². The molecule has 2 fully saturated rings. The lowest BCUT2D eigenvalue weighted by Gasteiger charge is -2.13. The summed E-state index contributed by atoms with van der Waals surface area (Å²) < 4.78 is 15.4. The highest BCUT2D eigenvalue weighted by molar-refractivity contribution is 5.60. The van der Waals surface area contributed by atoms with Gasteiger partial charge in [0.15, 0.2) is 5.82 Å². The molecule has 94 valence electrons. The molecule has 0 radical (unpaired) electrons. The Morgan fingerprint density at radius 2 is 2.11 bits per heavy atom. The average Bonchev–Trinajstić information content (AvgIpc) is 3.12. The summed E-state index contributed by atoms with van der Waals surface area (Å²) in [6.45, 7) is 0. The zero-order valence-electron chi connectivity index (χ0n) is 9.44. The fourth-order valence-corrected chi connectivity index (χ4v) is 2.74. The molecular formula is C10H11N5O3. The fraction of sp³-hybridized carbons (Fsp3) is 0.600. The molecule has 4 heterocycles. The molecule has 2 saturated heterocycles. The van der Waals surface area contributed by atoms with Gasteiger partial charge in [0.05, 0.1) is 18.1 Å². The van der Waals surface area contributed by atoms with Crippen LogP contribution in [0.4, 0.5) is 5.82 Å². The number of anilines is 1. The molecule has 2 aromatic rings. The van der Waals surface area contributed by atoms with E-state index in [0.717, 1.165) is 19.3 Å². The monoisotopic (exact) mass is 249 g/mol. The molecule has 2 bridgehead atoms. The third-order valence-electron chi connectivity index (χ3n) is 3.60.